The molecule has 1 saturated heterocycles. The molecule has 0 saturated carbocycles. The number of anilines is 2. The fourth-order valence-electron chi connectivity index (χ4n) is 5.99. The molecule has 0 bridgehead atoms. The Balaban J connectivity index is 1.36. The second-order valence-electron chi connectivity index (χ2n) is 11.7. The third kappa shape index (κ3) is 6.77. The first kappa shape index (κ1) is 32.0. The maximum Gasteiger partial charge on any atom is 0.416 e. The molecule has 5 aromatic rings. The van der Waals surface area contributed by atoms with Gasteiger partial charge in [0.1, 0.15) is 0 Å². The number of amides is 1. The van der Waals surface area contributed by atoms with Gasteiger partial charge in [0.2, 0.25) is 0 Å². The van der Waals surface area contributed by atoms with E-state index in [1.54, 1.807) is 35.0 Å². The molecule has 0 unspecified atom stereocenters. The molecule has 6 rings (SSSR count). The predicted octanol–water partition coefficient (Wildman–Crippen LogP) is 6.05. The van der Waals surface area contributed by atoms with Crippen LogP contribution in [0.3, 0.4) is 0 Å². The standard InChI is InChI=1S/C36H34F3N5O3/c1-23-8-9-28(21-31(23)32-19-26-22-40-24(2)16-33(26)44(35(32)47)29-6-4-3-5-7-29)41-34(46)25-17-27(36(37,38)39)20-30(18-25)43-12-10-42(11-13-43)14-15-45/h3-9,16-22,45H,10-15H2,1-2H3,(H,41,46). The number of rotatable bonds is 7. The van der Waals surface area contributed by atoms with Crippen molar-refractivity contribution in [2.75, 3.05) is 49.5 Å². The summed E-state index contributed by atoms with van der Waals surface area (Å²) in [6.07, 6.45) is -2.94. The van der Waals surface area contributed by atoms with E-state index in [4.69, 9.17) is 0 Å². The van der Waals surface area contributed by atoms with Gasteiger partial charge in [0.25, 0.3) is 11.5 Å². The monoisotopic (exact) mass is 641 g/mol. The molecular formula is C36H34F3N5O3. The van der Waals surface area contributed by atoms with Gasteiger partial charge in [0.15, 0.2) is 0 Å². The van der Waals surface area contributed by atoms with Gasteiger partial charge in [0, 0.05) is 78.2 Å². The molecule has 11 heteroatoms. The lowest BCUT2D eigenvalue weighted by atomic mass is 9.99. The van der Waals surface area contributed by atoms with E-state index in [1.807, 2.05) is 60.0 Å². The van der Waals surface area contributed by atoms with Crippen LogP contribution >= 0.6 is 0 Å². The van der Waals surface area contributed by atoms with Gasteiger partial charge in [-0.25, -0.2) is 0 Å². The Morgan fingerprint density at radius 1 is 0.894 bits per heavy atom. The summed E-state index contributed by atoms with van der Waals surface area (Å²) in [4.78, 5) is 35.9. The summed E-state index contributed by atoms with van der Waals surface area (Å²) in [5.74, 6) is -0.703. The first-order valence-corrected chi connectivity index (χ1v) is 15.3. The largest absolute Gasteiger partial charge is 0.416 e. The zero-order valence-electron chi connectivity index (χ0n) is 26.0. The van der Waals surface area contributed by atoms with E-state index in [2.05, 4.69) is 10.3 Å². The number of para-hydroxylation sites is 1. The van der Waals surface area contributed by atoms with Crippen molar-refractivity contribution < 1.29 is 23.1 Å². The zero-order valence-corrected chi connectivity index (χ0v) is 26.0. The summed E-state index contributed by atoms with van der Waals surface area (Å²) >= 11 is 0. The fraction of sp³-hybridized carbons (Fsp3) is 0.250. The number of hydrogen-bond acceptors (Lipinski definition) is 6. The number of fused-ring (bicyclic) bond motifs is 1. The smallest absolute Gasteiger partial charge is 0.395 e. The molecule has 47 heavy (non-hydrogen) atoms. The Kier molecular flexibility index (Phi) is 8.85. The number of nitrogens with zero attached hydrogens (tertiary/aromatic N) is 4. The van der Waals surface area contributed by atoms with Crippen molar-refractivity contribution in [1.29, 1.82) is 0 Å². The number of β-amino-alcohol motifs (C(OH)–C–C–N with tert-alkyl or cyclic N) is 1. The van der Waals surface area contributed by atoms with Crippen LogP contribution in [0, 0.1) is 13.8 Å². The highest BCUT2D eigenvalue weighted by Gasteiger charge is 2.33. The lowest BCUT2D eigenvalue weighted by molar-refractivity contribution is -0.137. The van der Waals surface area contributed by atoms with Crippen molar-refractivity contribution in [1.82, 2.24) is 14.5 Å². The molecule has 1 amide bonds. The Morgan fingerprint density at radius 3 is 2.34 bits per heavy atom. The van der Waals surface area contributed by atoms with Gasteiger partial charge in [-0.15, -0.1) is 0 Å². The number of aromatic nitrogens is 2. The molecule has 3 heterocycles. The Morgan fingerprint density at radius 2 is 1.64 bits per heavy atom. The van der Waals surface area contributed by atoms with E-state index < -0.39 is 17.6 Å². The quantitative estimate of drug-likeness (QED) is 0.225. The minimum Gasteiger partial charge on any atom is -0.395 e. The summed E-state index contributed by atoms with van der Waals surface area (Å²) in [5.41, 5.74) is 3.23. The number of alkyl halides is 3. The molecule has 0 radical (unpaired) electrons. The minimum atomic E-state index is -4.65. The average molecular weight is 642 g/mol. The van der Waals surface area contributed by atoms with E-state index >= 15 is 0 Å². The lowest BCUT2D eigenvalue weighted by Gasteiger charge is -2.36. The van der Waals surface area contributed by atoms with Crippen LogP contribution < -0.4 is 15.8 Å². The topological polar surface area (TPSA) is 90.7 Å². The van der Waals surface area contributed by atoms with Crippen LogP contribution in [0.1, 0.15) is 27.2 Å². The van der Waals surface area contributed by atoms with E-state index in [0.29, 0.717) is 66.4 Å². The number of aliphatic hydroxyl groups excluding tert-OH is 1. The Labute approximate surface area is 269 Å². The summed E-state index contributed by atoms with van der Waals surface area (Å²) < 4.78 is 43.5. The first-order valence-electron chi connectivity index (χ1n) is 15.3. The van der Waals surface area contributed by atoms with Crippen molar-refractivity contribution in [3.63, 3.8) is 0 Å². The zero-order chi connectivity index (χ0) is 33.3. The number of carbonyl (C=O) groups is 1. The Bertz CT molecular complexity index is 2000. The van der Waals surface area contributed by atoms with Crippen molar-refractivity contribution in [3.05, 3.63) is 118 Å². The maximum atomic E-state index is 14.1. The molecule has 2 aromatic heterocycles. The van der Waals surface area contributed by atoms with Crippen LogP contribution in [0.2, 0.25) is 0 Å². The third-order valence-electron chi connectivity index (χ3n) is 8.48. The number of aryl methyl sites for hydroxylation is 2. The number of benzene rings is 3. The molecule has 0 aliphatic carbocycles. The number of halogens is 3. The fourth-order valence-corrected chi connectivity index (χ4v) is 5.99. The summed E-state index contributed by atoms with van der Waals surface area (Å²) in [6.45, 7) is 6.31. The number of carbonyl (C=O) groups excluding carboxylic acids is 1. The van der Waals surface area contributed by atoms with E-state index in [-0.39, 0.29) is 17.7 Å². The summed E-state index contributed by atoms with van der Waals surface area (Å²) in [6, 6.07) is 21.4. The van der Waals surface area contributed by atoms with Crippen LogP contribution in [-0.2, 0) is 6.18 Å². The highest BCUT2D eigenvalue weighted by molar-refractivity contribution is 6.05. The van der Waals surface area contributed by atoms with Crippen LogP contribution in [0.5, 0.6) is 0 Å². The van der Waals surface area contributed by atoms with E-state index in [0.717, 1.165) is 28.8 Å². The van der Waals surface area contributed by atoms with Gasteiger partial charge in [-0.2, -0.15) is 13.2 Å². The molecule has 1 aliphatic rings. The average Bonchev–Trinajstić information content (AvgIpc) is 3.06. The molecule has 8 nitrogen and oxygen atoms in total. The van der Waals surface area contributed by atoms with Crippen LogP contribution in [0.4, 0.5) is 24.5 Å². The van der Waals surface area contributed by atoms with E-state index in [1.165, 1.54) is 6.07 Å². The third-order valence-corrected chi connectivity index (χ3v) is 8.48. The Hall–Kier alpha value is -5.00. The summed E-state index contributed by atoms with van der Waals surface area (Å²) in [7, 11) is 0. The van der Waals surface area contributed by atoms with Gasteiger partial charge >= 0.3 is 6.18 Å². The number of aliphatic hydroxyl groups is 1. The SMILES string of the molecule is Cc1cc2c(cn1)cc(-c1cc(NC(=O)c3cc(N4CCN(CCO)CC4)cc(C(F)(F)F)c3)ccc1C)c(=O)n2-c1ccccc1. The molecule has 3 aromatic carbocycles. The van der Waals surface area contributed by atoms with Crippen molar-refractivity contribution >= 4 is 28.2 Å². The predicted molar refractivity (Wildman–Crippen MR) is 177 cm³/mol. The van der Waals surface area contributed by atoms with Crippen LogP contribution in [-0.4, -0.2) is 64.8 Å². The highest BCUT2D eigenvalue weighted by Crippen LogP contribution is 2.34. The number of nitrogens with one attached hydrogen (secondary N) is 1. The normalized spacial score (nSPS) is 14.0. The molecule has 0 atom stereocenters. The highest BCUT2D eigenvalue weighted by atomic mass is 19.4. The van der Waals surface area contributed by atoms with Crippen molar-refractivity contribution in [2.24, 2.45) is 0 Å². The molecule has 0 spiro atoms. The lowest BCUT2D eigenvalue weighted by Crippen LogP contribution is -2.47. The molecule has 242 valence electrons. The van der Waals surface area contributed by atoms with Gasteiger partial charge < -0.3 is 15.3 Å². The van der Waals surface area contributed by atoms with Crippen molar-refractivity contribution in [2.45, 2.75) is 20.0 Å². The van der Waals surface area contributed by atoms with Crippen molar-refractivity contribution in [3.8, 4) is 16.8 Å². The van der Waals surface area contributed by atoms with Crippen LogP contribution in [0.15, 0.2) is 89.9 Å². The number of pyridine rings is 2. The second kappa shape index (κ2) is 13.0. The minimum absolute atomic E-state index is 0.00945. The molecule has 1 fully saturated rings. The maximum absolute atomic E-state index is 14.1. The summed E-state index contributed by atoms with van der Waals surface area (Å²) in [5, 5.41) is 12.7. The number of hydrogen-bond donors (Lipinski definition) is 2. The molecular weight excluding hydrogens is 607 g/mol. The molecule has 2 N–H and O–H groups in total. The first-order chi connectivity index (χ1) is 22.5. The van der Waals surface area contributed by atoms with E-state index in [9.17, 15) is 27.9 Å². The van der Waals surface area contributed by atoms with Gasteiger partial charge in [0.05, 0.1) is 17.7 Å². The second-order valence-corrected chi connectivity index (χ2v) is 11.7. The number of piperazine rings is 1. The van der Waals surface area contributed by atoms with Gasteiger partial charge in [-0.05, 0) is 79.6 Å². The van der Waals surface area contributed by atoms with Gasteiger partial charge in [-0.3, -0.25) is 24.0 Å². The molecule has 1 aliphatic heterocycles. The van der Waals surface area contributed by atoms with Crippen LogP contribution in [0.25, 0.3) is 27.7 Å². The van der Waals surface area contributed by atoms with Gasteiger partial charge in [-0.1, -0.05) is 24.3 Å².